The summed E-state index contributed by atoms with van der Waals surface area (Å²) in [6.45, 7) is 6.71. The van der Waals surface area contributed by atoms with Crippen molar-refractivity contribution in [2.75, 3.05) is 19.8 Å². The van der Waals surface area contributed by atoms with Crippen molar-refractivity contribution in [3.63, 3.8) is 0 Å². The lowest BCUT2D eigenvalue weighted by molar-refractivity contribution is -0.00772. The molecule has 1 fully saturated rings. The molecule has 1 saturated heterocycles. The molecular formula is C14H19BrClNO3S. The van der Waals surface area contributed by atoms with Crippen molar-refractivity contribution in [2.45, 2.75) is 37.1 Å². The highest BCUT2D eigenvalue weighted by Crippen LogP contribution is 2.32. The van der Waals surface area contributed by atoms with Crippen molar-refractivity contribution < 1.29 is 13.2 Å². The van der Waals surface area contributed by atoms with E-state index in [1.807, 2.05) is 19.9 Å². The molecule has 1 aliphatic heterocycles. The molecule has 0 unspecified atom stereocenters. The van der Waals surface area contributed by atoms with Gasteiger partial charge in [0.1, 0.15) is 0 Å². The van der Waals surface area contributed by atoms with Gasteiger partial charge in [0.05, 0.1) is 23.6 Å². The summed E-state index contributed by atoms with van der Waals surface area (Å²) in [5.74, 6) is 0.272. The Hall–Kier alpha value is -0.140. The first-order chi connectivity index (χ1) is 9.70. The monoisotopic (exact) mass is 395 g/mol. The van der Waals surface area contributed by atoms with E-state index in [4.69, 9.17) is 16.3 Å². The van der Waals surface area contributed by atoms with E-state index in [2.05, 4.69) is 15.9 Å². The molecule has 0 aliphatic carbocycles. The molecule has 7 heteroatoms. The SMILES string of the molecule is Cc1c(Br)cc(CCl)cc1S(=O)(=O)N1CCOCC1(C)C. The number of halogens is 2. The zero-order valence-electron chi connectivity index (χ0n) is 12.3. The Kier molecular flexibility index (Phi) is 5.05. The van der Waals surface area contributed by atoms with E-state index in [-0.39, 0.29) is 5.88 Å². The molecule has 21 heavy (non-hydrogen) atoms. The number of nitrogens with zero attached hydrogens (tertiary/aromatic N) is 1. The first kappa shape index (κ1) is 17.2. The summed E-state index contributed by atoms with van der Waals surface area (Å²) >= 11 is 9.28. The molecule has 4 nitrogen and oxygen atoms in total. The van der Waals surface area contributed by atoms with Crippen LogP contribution in [-0.2, 0) is 20.6 Å². The van der Waals surface area contributed by atoms with E-state index in [1.165, 1.54) is 4.31 Å². The number of morpholine rings is 1. The van der Waals surface area contributed by atoms with Gasteiger partial charge in [0.25, 0.3) is 0 Å². The van der Waals surface area contributed by atoms with E-state index in [0.29, 0.717) is 30.2 Å². The highest BCUT2D eigenvalue weighted by Gasteiger charge is 2.40. The van der Waals surface area contributed by atoms with Crippen LogP contribution in [0.3, 0.4) is 0 Å². The molecule has 2 rings (SSSR count). The average Bonchev–Trinajstić information content (AvgIpc) is 2.40. The van der Waals surface area contributed by atoms with Crippen molar-refractivity contribution in [3.05, 3.63) is 27.7 Å². The molecule has 0 atom stereocenters. The minimum Gasteiger partial charge on any atom is -0.378 e. The second kappa shape index (κ2) is 6.16. The first-order valence-corrected chi connectivity index (χ1v) is 9.42. The van der Waals surface area contributed by atoms with Gasteiger partial charge >= 0.3 is 0 Å². The Morgan fingerprint density at radius 2 is 2.10 bits per heavy atom. The maximum Gasteiger partial charge on any atom is 0.244 e. The molecule has 1 aromatic rings. The van der Waals surface area contributed by atoms with Crippen molar-refractivity contribution >= 4 is 37.6 Å². The van der Waals surface area contributed by atoms with Gasteiger partial charge in [0.2, 0.25) is 10.0 Å². The van der Waals surface area contributed by atoms with E-state index in [1.54, 1.807) is 13.0 Å². The fourth-order valence-corrected chi connectivity index (χ4v) is 5.31. The lowest BCUT2D eigenvalue weighted by atomic mass is 10.1. The van der Waals surface area contributed by atoms with Gasteiger partial charge in [0.15, 0.2) is 0 Å². The van der Waals surface area contributed by atoms with Crippen LogP contribution in [0.1, 0.15) is 25.0 Å². The zero-order chi connectivity index (χ0) is 15.8. The van der Waals surface area contributed by atoms with Gasteiger partial charge in [-0.25, -0.2) is 8.42 Å². The molecule has 1 aliphatic rings. The van der Waals surface area contributed by atoms with Gasteiger partial charge in [-0.3, -0.25) is 0 Å². The van der Waals surface area contributed by atoms with E-state index >= 15 is 0 Å². The lowest BCUT2D eigenvalue weighted by Gasteiger charge is -2.41. The lowest BCUT2D eigenvalue weighted by Crippen LogP contribution is -2.55. The van der Waals surface area contributed by atoms with E-state index < -0.39 is 15.6 Å². The number of benzene rings is 1. The van der Waals surface area contributed by atoms with Crippen LogP contribution in [0.25, 0.3) is 0 Å². The van der Waals surface area contributed by atoms with Crippen LogP contribution in [0, 0.1) is 6.92 Å². The smallest absolute Gasteiger partial charge is 0.244 e. The van der Waals surface area contributed by atoms with Crippen molar-refractivity contribution in [2.24, 2.45) is 0 Å². The van der Waals surface area contributed by atoms with E-state index in [0.717, 1.165) is 10.0 Å². The fraction of sp³-hybridized carbons (Fsp3) is 0.571. The minimum absolute atomic E-state index is 0.272. The number of hydrogen-bond acceptors (Lipinski definition) is 3. The van der Waals surface area contributed by atoms with Crippen LogP contribution >= 0.6 is 27.5 Å². The highest BCUT2D eigenvalue weighted by atomic mass is 79.9. The molecule has 1 aromatic carbocycles. The van der Waals surface area contributed by atoms with Gasteiger partial charge < -0.3 is 4.74 Å². The molecule has 0 bridgehead atoms. The third kappa shape index (κ3) is 3.29. The molecule has 0 amide bonds. The molecule has 0 aromatic heterocycles. The van der Waals surface area contributed by atoms with Gasteiger partial charge in [-0.05, 0) is 44.0 Å². The Labute approximate surface area is 139 Å². The molecule has 0 radical (unpaired) electrons. The Morgan fingerprint density at radius 3 is 2.67 bits per heavy atom. The van der Waals surface area contributed by atoms with Crippen LogP contribution in [-0.4, -0.2) is 38.0 Å². The van der Waals surface area contributed by atoms with Crippen LogP contribution in [0.4, 0.5) is 0 Å². The largest absolute Gasteiger partial charge is 0.378 e. The maximum atomic E-state index is 13.1. The van der Waals surface area contributed by atoms with Crippen LogP contribution in [0.15, 0.2) is 21.5 Å². The number of ether oxygens (including phenoxy) is 1. The standard InChI is InChI=1S/C14H19BrClNO3S/c1-10-12(15)6-11(8-16)7-13(10)21(18,19)17-4-5-20-9-14(17,2)3/h6-7H,4-5,8-9H2,1-3H3. The van der Waals surface area contributed by atoms with Crippen molar-refractivity contribution in [3.8, 4) is 0 Å². The van der Waals surface area contributed by atoms with Crippen molar-refractivity contribution in [1.29, 1.82) is 0 Å². The summed E-state index contributed by atoms with van der Waals surface area (Å²) in [7, 11) is -3.59. The molecule has 0 spiro atoms. The van der Waals surface area contributed by atoms with Crippen LogP contribution in [0.2, 0.25) is 0 Å². The maximum absolute atomic E-state index is 13.1. The van der Waals surface area contributed by atoms with Gasteiger partial charge in [0, 0.05) is 16.9 Å². The number of sulfonamides is 1. The Morgan fingerprint density at radius 1 is 1.43 bits per heavy atom. The predicted molar refractivity (Wildman–Crippen MR) is 87.2 cm³/mol. The topological polar surface area (TPSA) is 46.6 Å². The van der Waals surface area contributed by atoms with Gasteiger partial charge in [-0.1, -0.05) is 15.9 Å². The summed E-state index contributed by atoms with van der Waals surface area (Å²) < 4.78 is 33.8. The molecule has 0 saturated carbocycles. The fourth-order valence-electron chi connectivity index (χ4n) is 2.46. The first-order valence-electron chi connectivity index (χ1n) is 6.66. The summed E-state index contributed by atoms with van der Waals surface area (Å²) in [6, 6.07) is 3.51. The summed E-state index contributed by atoms with van der Waals surface area (Å²) in [4.78, 5) is 0.308. The van der Waals surface area contributed by atoms with Gasteiger partial charge in [-0.2, -0.15) is 4.31 Å². The van der Waals surface area contributed by atoms with Gasteiger partial charge in [-0.15, -0.1) is 11.6 Å². The number of hydrogen-bond donors (Lipinski definition) is 0. The quantitative estimate of drug-likeness (QED) is 0.737. The zero-order valence-corrected chi connectivity index (χ0v) is 15.5. The predicted octanol–water partition coefficient (Wildman–Crippen LogP) is 3.30. The number of alkyl halides is 1. The Balaban J connectivity index is 2.56. The minimum atomic E-state index is -3.59. The van der Waals surface area contributed by atoms with Crippen LogP contribution in [0.5, 0.6) is 0 Å². The molecular weight excluding hydrogens is 378 g/mol. The van der Waals surface area contributed by atoms with Crippen LogP contribution < -0.4 is 0 Å². The second-order valence-electron chi connectivity index (χ2n) is 5.78. The summed E-state index contributed by atoms with van der Waals surface area (Å²) in [6.07, 6.45) is 0. The second-order valence-corrected chi connectivity index (χ2v) is 8.73. The molecule has 118 valence electrons. The Bertz CT molecular complexity index is 646. The normalized spacial score (nSPS) is 19.7. The third-order valence-corrected chi connectivity index (χ3v) is 7.02. The number of rotatable bonds is 3. The summed E-state index contributed by atoms with van der Waals surface area (Å²) in [5, 5.41) is 0. The molecule has 0 N–H and O–H groups in total. The average molecular weight is 397 g/mol. The molecule has 1 heterocycles. The summed E-state index contributed by atoms with van der Waals surface area (Å²) in [5.41, 5.74) is 0.914. The van der Waals surface area contributed by atoms with E-state index in [9.17, 15) is 8.42 Å². The van der Waals surface area contributed by atoms with Crippen molar-refractivity contribution in [1.82, 2.24) is 4.31 Å². The highest BCUT2D eigenvalue weighted by molar-refractivity contribution is 9.10. The third-order valence-electron chi connectivity index (χ3n) is 3.65.